The van der Waals surface area contributed by atoms with Crippen molar-refractivity contribution in [2.24, 2.45) is 7.05 Å². The molecule has 1 N–H and O–H groups in total. The summed E-state index contributed by atoms with van der Waals surface area (Å²) in [7, 11) is 1.41. The van der Waals surface area contributed by atoms with Crippen LogP contribution in [0.5, 0.6) is 11.5 Å². The molecule has 0 saturated carbocycles. The van der Waals surface area contributed by atoms with E-state index in [0.717, 1.165) is 30.5 Å². The Balaban J connectivity index is 1.46. The zero-order chi connectivity index (χ0) is 21.5. The van der Waals surface area contributed by atoms with Gasteiger partial charge in [0.1, 0.15) is 24.5 Å². The molecule has 1 aromatic carbocycles. The van der Waals surface area contributed by atoms with E-state index in [1.165, 1.54) is 23.0 Å². The van der Waals surface area contributed by atoms with Crippen molar-refractivity contribution in [3.05, 3.63) is 39.0 Å². The second kappa shape index (κ2) is 7.73. The first-order chi connectivity index (χ1) is 15.0. The van der Waals surface area contributed by atoms with Gasteiger partial charge in [0, 0.05) is 31.9 Å². The van der Waals surface area contributed by atoms with Gasteiger partial charge in [0.25, 0.3) is 5.56 Å². The average Bonchev–Trinajstić information content (AvgIpc) is 3.45. The highest BCUT2D eigenvalue weighted by Gasteiger charge is 2.22. The number of nitrogens with one attached hydrogen (secondary N) is 1. The van der Waals surface area contributed by atoms with E-state index in [1.54, 1.807) is 18.2 Å². The van der Waals surface area contributed by atoms with Crippen molar-refractivity contribution < 1.29 is 14.3 Å². The molecule has 10 nitrogen and oxygen atoms in total. The fourth-order valence-electron chi connectivity index (χ4n) is 3.79. The van der Waals surface area contributed by atoms with Crippen LogP contribution in [-0.2, 0) is 18.4 Å². The van der Waals surface area contributed by atoms with Crippen molar-refractivity contribution in [2.45, 2.75) is 19.4 Å². The summed E-state index contributed by atoms with van der Waals surface area (Å²) in [5.74, 6) is 0.770. The van der Waals surface area contributed by atoms with Gasteiger partial charge >= 0.3 is 5.69 Å². The maximum Gasteiger partial charge on any atom is 0.332 e. The molecule has 0 atom stereocenters. The van der Waals surface area contributed by atoms with Crippen LogP contribution in [0, 0.1) is 0 Å². The van der Waals surface area contributed by atoms with Crippen molar-refractivity contribution in [2.75, 3.05) is 36.5 Å². The molecule has 0 radical (unpaired) electrons. The molecule has 0 unspecified atom stereocenters. The molecular weight excluding hydrogens is 422 g/mol. The largest absolute Gasteiger partial charge is 0.486 e. The SMILES string of the molecule is Cn1c(=O)c2sc(N3CCCC3)nc2n(CC(=O)Nc2ccc3c(c2)OCCO3)c1=O. The van der Waals surface area contributed by atoms with Gasteiger partial charge in [0.05, 0.1) is 0 Å². The van der Waals surface area contributed by atoms with Gasteiger partial charge in [-0.25, -0.2) is 9.78 Å². The van der Waals surface area contributed by atoms with Gasteiger partial charge in [-0.15, -0.1) is 0 Å². The van der Waals surface area contributed by atoms with E-state index in [-0.39, 0.29) is 12.2 Å². The van der Waals surface area contributed by atoms with Crippen molar-refractivity contribution in [3.63, 3.8) is 0 Å². The van der Waals surface area contributed by atoms with Gasteiger partial charge in [0.2, 0.25) is 5.91 Å². The summed E-state index contributed by atoms with van der Waals surface area (Å²) in [6, 6.07) is 5.11. The highest BCUT2D eigenvalue weighted by atomic mass is 32.1. The number of carbonyl (C=O) groups excluding carboxylic acids is 1. The Bertz CT molecular complexity index is 1290. The number of hydrogen-bond donors (Lipinski definition) is 1. The summed E-state index contributed by atoms with van der Waals surface area (Å²) in [4.78, 5) is 44.8. The fraction of sp³-hybridized carbons (Fsp3) is 0.400. The predicted octanol–water partition coefficient (Wildman–Crippen LogP) is 1.17. The van der Waals surface area contributed by atoms with Gasteiger partial charge in [-0.05, 0) is 25.0 Å². The van der Waals surface area contributed by atoms with E-state index >= 15 is 0 Å². The third-order valence-corrected chi connectivity index (χ3v) is 6.47. The number of aromatic nitrogens is 3. The van der Waals surface area contributed by atoms with Crippen molar-refractivity contribution in [1.82, 2.24) is 14.1 Å². The van der Waals surface area contributed by atoms with Gasteiger partial charge in [0.15, 0.2) is 22.3 Å². The number of anilines is 2. The van der Waals surface area contributed by atoms with Crippen LogP contribution in [0.1, 0.15) is 12.8 Å². The molecule has 5 rings (SSSR count). The first kappa shape index (κ1) is 19.6. The van der Waals surface area contributed by atoms with Crippen LogP contribution in [-0.4, -0.2) is 46.3 Å². The monoisotopic (exact) mass is 443 g/mol. The smallest absolute Gasteiger partial charge is 0.332 e. The molecule has 1 saturated heterocycles. The Labute approximate surface area is 180 Å². The second-order valence-corrected chi connectivity index (χ2v) is 8.46. The van der Waals surface area contributed by atoms with Crippen LogP contribution >= 0.6 is 11.3 Å². The summed E-state index contributed by atoms with van der Waals surface area (Å²) < 4.78 is 13.7. The Hall–Kier alpha value is -3.34. The van der Waals surface area contributed by atoms with Crippen LogP contribution < -0.4 is 30.9 Å². The van der Waals surface area contributed by atoms with Crippen LogP contribution in [0.2, 0.25) is 0 Å². The molecule has 162 valence electrons. The number of benzene rings is 1. The minimum Gasteiger partial charge on any atom is -0.486 e. The minimum atomic E-state index is -0.576. The van der Waals surface area contributed by atoms with Crippen molar-refractivity contribution >= 4 is 38.4 Å². The Morgan fingerprint density at radius 1 is 1.16 bits per heavy atom. The van der Waals surface area contributed by atoms with E-state index in [2.05, 4.69) is 15.2 Å². The number of nitrogens with zero attached hydrogens (tertiary/aromatic N) is 4. The highest BCUT2D eigenvalue weighted by molar-refractivity contribution is 7.22. The molecule has 4 heterocycles. The number of amides is 1. The van der Waals surface area contributed by atoms with E-state index < -0.39 is 17.2 Å². The first-order valence-electron chi connectivity index (χ1n) is 10.1. The summed E-state index contributed by atoms with van der Waals surface area (Å²) in [6.45, 7) is 2.40. The quantitative estimate of drug-likeness (QED) is 0.645. The van der Waals surface area contributed by atoms with Crippen LogP contribution in [0.15, 0.2) is 27.8 Å². The summed E-state index contributed by atoms with van der Waals surface area (Å²) >= 11 is 1.26. The lowest BCUT2D eigenvalue weighted by molar-refractivity contribution is -0.116. The predicted molar refractivity (Wildman–Crippen MR) is 117 cm³/mol. The molecule has 11 heteroatoms. The standard InChI is InChI=1S/C20H21N5O5S/c1-23-18(27)16-17(22-19(31-16)24-6-2-3-7-24)25(20(23)28)11-15(26)21-12-4-5-13-14(10-12)30-9-8-29-13/h4-5,10H,2-3,6-9,11H2,1H3,(H,21,26). The van der Waals surface area contributed by atoms with Gasteiger partial charge in [-0.3, -0.25) is 18.7 Å². The maximum absolute atomic E-state index is 12.8. The lowest BCUT2D eigenvalue weighted by atomic mass is 10.2. The lowest BCUT2D eigenvalue weighted by Crippen LogP contribution is -2.39. The molecule has 2 aliphatic heterocycles. The Morgan fingerprint density at radius 3 is 2.68 bits per heavy atom. The molecule has 0 bridgehead atoms. The molecule has 3 aromatic rings. The molecule has 31 heavy (non-hydrogen) atoms. The van der Waals surface area contributed by atoms with E-state index in [1.807, 2.05) is 0 Å². The summed E-state index contributed by atoms with van der Waals surface area (Å²) in [5, 5.41) is 3.48. The third-order valence-electron chi connectivity index (χ3n) is 5.37. The molecular formula is C20H21N5O5S. The summed E-state index contributed by atoms with van der Waals surface area (Å²) in [6.07, 6.45) is 2.14. The zero-order valence-electron chi connectivity index (χ0n) is 16.9. The third kappa shape index (κ3) is 3.54. The van der Waals surface area contributed by atoms with Crippen LogP contribution in [0.4, 0.5) is 10.8 Å². The number of fused-ring (bicyclic) bond motifs is 2. The van der Waals surface area contributed by atoms with E-state index in [4.69, 9.17) is 9.47 Å². The number of rotatable bonds is 4. The van der Waals surface area contributed by atoms with Crippen molar-refractivity contribution in [1.29, 1.82) is 0 Å². The highest BCUT2D eigenvalue weighted by Crippen LogP contribution is 2.32. The topological polar surface area (TPSA) is 108 Å². The molecule has 0 aliphatic carbocycles. The molecule has 2 aromatic heterocycles. The minimum absolute atomic E-state index is 0.248. The van der Waals surface area contributed by atoms with Crippen LogP contribution in [0.25, 0.3) is 10.3 Å². The van der Waals surface area contributed by atoms with Crippen molar-refractivity contribution in [3.8, 4) is 11.5 Å². The molecule has 2 aliphatic rings. The average molecular weight is 443 g/mol. The Kier molecular flexibility index (Phi) is 4.89. The molecule has 1 amide bonds. The number of ether oxygens (including phenoxy) is 2. The first-order valence-corrected chi connectivity index (χ1v) is 10.9. The number of carbonyl (C=O) groups is 1. The Morgan fingerprint density at radius 2 is 1.90 bits per heavy atom. The maximum atomic E-state index is 12.8. The molecule has 1 fully saturated rings. The molecule has 0 spiro atoms. The summed E-state index contributed by atoms with van der Waals surface area (Å²) in [5.41, 5.74) is -0.198. The van der Waals surface area contributed by atoms with Gasteiger partial charge in [-0.1, -0.05) is 11.3 Å². The van der Waals surface area contributed by atoms with E-state index in [0.29, 0.717) is 40.2 Å². The van der Waals surface area contributed by atoms with Gasteiger partial charge in [-0.2, -0.15) is 0 Å². The van der Waals surface area contributed by atoms with Gasteiger partial charge < -0.3 is 19.7 Å². The van der Waals surface area contributed by atoms with E-state index in [9.17, 15) is 14.4 Å². The van der Waals surface area contributed by atoms with Crippen LogP contribution in [0.3, 0.4) is 0 Å². The lowest BCUT2D eigenvalue weighted by Gasteiger charge is -2.19. The fourth-order valence-corrected chi connectivity index (χ4v) is 4.88. The number of hydrogen-bond acceptors (Lipinski definition) is 8. The second-order valence-electron chi connectivity index (χ2n) is 7.48. The number of thiazole rings is 1. The zero-order valence-corrected chi connectivity index (χ0v) is 17.7. The normalized spacial score (nSPS) is 15.5.